The number of halogens is 1. The van der Waals surface area contributed by atoms with Crippen molar-refractivity contribution in [2.75, 3.05) is 12.5 Å². The van der Waals surface area contributed by atoms with Crippen molar-refractivity contribution in [1.82, 2.24) is 0 Å². The van der Waals surface area contributed by atoms with E-state index in [1.807, 2.05) is 0 Å². The van der Waals surface area contributed by atoms with E-state index in [0.29, 0.717) is 23.9 Å². The van der Waals surface area contributed by atoms with Gasteiger partial charge in [0.15, 0.2) is 0 Å². The minimum Gasteiger partial charge on any atom is -0.492 e. The molecular weight excluding hydrogens is 292 g/mol. The van der Waals surface area contributed by atoms with Crippen LogP contribution in [0.3, 0.4) is 0 Å². The predicted molar refractivity (Wildman–Crippen MR) is 80.2 cm³/mol. The number of nitrogens with zero attached hydrogens (tertiary/aromatic N) is 2. The number of alkyl halides is 1. The summed E-state index contributed by atoms with van der Waals surface area (Å²) in [6.45, 7) is 0.457. The maximum absolute atomic E-state index is 10.7. The smallest absolute Gasteiger partial charge is 0.335 e. The highest BCUT2D eigenvalue weighted by molar-refractivity contribution is 6.18. The molecule has 0 aromatic heterocycles. The van der Waals surface area contributed by atoms with Crippen molar-refractivity contribution in [3.63, 3.8) is 0 Å². The largest absolute Gasteiger partial charge is 0.492 e. The normalized spacial score (nSPS) is 10.7. The Kier molecular flexibility index (Phi) is 5.29. The van der Waals surface area contributed by atoms with Gasteiger partial charge in [0.2, 0.25) is 0 Å². The van der Waals surface area contributed by atoms with Gasteiger partial charge in [0, 0.05) is 0 Å². The Morgan fingerprint density at radius 2 is 1.52 bits per heavy atom. The third-order valence-corrected chi connectivity index (χ3v) is 2.73. The molecule has 5 nitrogen and oxygen atoms in total. The van der Waals surface area contributed by atoms with Crippen molar-refractivity contribution in [3.05, 3.63) is 54.1 Å². The second kappa shape index (κ2) is 7.40. The topological polar surface area (TPSA) is 71.2 Å². The summed E-state index contributed by atoms with van der Waals surface area (Å²) < 4.78 is 5.35. The lowest BCUT2D eigenvalue weighted by atomic mass is 10.2. The third kappa shape index (κ3) is 4.57. The molecule has 0 radical (unpaired) electrons. The van der Waals surface area contributed by atoms with Gasteiger partial charge in [-0.05, 0) is 48.5 Å². The van der Waals surface area contributed by atoms with E-state index in [2.05, 4.69) is 10.2 Å². The number of ether oxygens (including phenoxy) is 1. The van der Waals surface area contributed by atoms with Crippen LogP contribution >= 0.6 is 11.6 Å². The molecule has 0 aliphatic carbocycles. The molecule has 0 bridgehead atoms. The molecule has 0 aliphatic heterocycles. The van der Waals surface area contributed by atoms with Crippen LogP contribution in [0.5, 0.6) is 5.75 Å². The number of benzene rings is 2. The Bertz CT molecular complexity index is 624. The van der Waals surface area contributed by atoms with Gasteiger partial charge in [-0.15, -0.1) is 11.6 Å². The van der Waals surface area contributed by atoms with Crippen molar-refractivity contribution in [1.29, 1.82) is 0 Å². The van der Waals surface area contributed by atoms with Crippen LogP contribution < -0.4 is 4.74 Å². The van der Waals surface area contributed by atoms with Gasteiger partial charge < -0.3 is 9.84 Å². The van der Waals surface area contributed by atoms with Gasteiger partial charge in [-0.1, -0.05) is 0 Å². The standard InChI is InChI=1S/C15H13ClN2O3/c16-9-10-21-14-7-5-13(6-8-14)18-17-12-3-1-11(2-4-12)15(19)20/h1-8H,9-10H2,(H,19,20)/b18-17+. The summed E-state index contributed by atoms with van der Waals surface area (Å²) in [5.74, 6) is 0.194. The Balaban J connectivity index is 2.01. The Labute approximate surface area is 126 Å². The zero-order valence-electron chi connectivity index (χ0n) is 11.1. The Morgan fingerprint density at radius 3 is 2.00 bits per heavy atom. The molecule has 0 heterocycles. The predicted octanol–water partition coefficient (Wildman–Crippen LogP) is 4.42. The molecule has 0 aliphatic rings. The first-order valence-electron chi connectivity index (χ1n) is 6.23. The number of rotatable bonds is 6. The summed E-state index contributed by atoms with van der Waals surface area (Å²) in [7, 11) is 0. The van der Waals surface area contributed by atoms with Crippen LogP contribution in [0.4, 0.5) is 11.4 Å². The first kappa shape index (κ1) is 15.0. The van der Waals surface area contributed by atoms with Gasteiger partial charge in [0.05, 0.1) is 22.8 Å². The van der Waals surface area contributed by atoms with E-state index in [1.165, 1.54) is 12.1 Å². The van der Waals surface area contributed by atoms with E-state index < -0.39 is 5.97 Å². The van der Waals surface area contributed by atoms with Crippen LogP contribution in [0, 0.1) is 0 Å². The first-order valence-corrected chi connectivity index (χ1v) is 6.76. The van der Waals surface area contributed by atoms with E-state index in [9.17, 15) is 4.79 Å². The summed E-state index contributed by atoms with van der Waals surface area (Å²) in [5, 5.41) is 16.9. The van der Waals surface area contributed by atoms with Crippen LogP contribution in [0.15, 0.2) is 58.8 Å². The van der Waals surface area contributed by atoms with E-state index >= 15 is 0 Å². The molecule has 2 rings (SSSR count). The Morgan fingerprint density at radius 1 is 1.00 bits per heavy atom. The fraction of sp³-hybridized carbons (Fsp3) is 0.133. The average Bonchev–Trinajstić information content (AvgIpc) is 2.52. The van der Waals surface area contributed by atoms with Crippen LogP contribution in [0.1, 0.15) is 10.4 Å². The maximum Gasteiger partial charge on any atom is 0.335 e. The van der Waals surface area contributed by atoms with Gasteiger partial charge in [0.25, 0.3) is 0 Å². The fourth-order valence-electron chi connectivity index (χ4n) is 1.55. The van der Waals surface area contributed by atoms with E-state index in [0.717, 1.165) is 5.75 Å². The van der Waals surface area contributed by atoms with Crippen LogP contribution in [-0.4, -0.2) is 23.6 Å². The summed E-state index contributed by atoms with van der Waals surface area (Å²) in [4.78, 5) is 10.7. The number of hydrogen-bond acceptors (Lipinski definition) is 4. The zero-order chi connectivity index (χ0) is 15.1. The first-order chi connectivity index (χ1) is 10.2. The fourth-order valence-corrected chi connectivity index (χ4v) is 1.63. The second-order valence-corrected chi connectivity index (χ2v) is 4.46. The van der Waals surface area contributed by atoms with Gasteiger partial charge in [-0.2, -0.15) is 10.2 Å². The molecule has 0 unspecified atom stereocenters. The van der Waals surface area contributed by atoms with Gasteiger partial charge in [0.1, 0.15) is 12.4 Å². The molecule has 0 atom stereocenters. The van der Waals surface area contributed by atoms with Crippen LogP contribution in [0.2, 0.25) is 0 Å². The monoisotopic (exact) mass is 304 g/mol. The lowest BCUT2D eigenvalue weighted by Crippen LogP contribution is -1.97. The summed E-state index contributed by atoms with van der Waals surface area (Å²) in [6, 6.07) is 13.3. The van der Waals surface area contributed by atoms with Gasteiger partial charge in [-0.3, -0.25) is 0 Å². The number of carboxylic acids is 1. The molecule has 21 heavy (non-hydrogen) atoms. The molecular formula is C15H13ClN2O3. The molecule has 1 N–H and O–H groups in total. The second-order valence-electron chi connectivity index (χ2n) is 4.08. The van der Waals surface area contributed by atoms with Gasteiger partial charge in [-0.25, -0.2) is 4.79 Å². The third-order valence-electron chi connectivity index (χ3n) is 2.58. The van der Waals surface area contributed by atoms with Crippen molar-refractivity contribution in [3.8, 4) is 5.75 Å². The molecule has 2 aromatic carbocycles. The molecule has 0 fully saturated rings. The number of aromatic carboxylic acids is 1. The van der Waals surface area contributed by atoms with E-state index in [4.69, 9.17) is 21.4 Å². The average molecular weight is 305 g/mol. The minimum absolute atomic E-state index is 0.217. The van der Waals surface area contributed by atoms with Crippen molar-refractivity contribution < 1.29 is 14.6 Å². The van der Waals surface area contributed by atoms with Crippen LogP contribution in [0.25, 0.3) is 0 Å². The summed E-state index contributed by atoms with van der Waals surface area (Å²) >= 11 is 5.54. The summed E-state index contributed by atoms with van der Waals surface area (Å²) in [6.07, 6.45) is 0. The van der Waals surface area contributed by atoms with Gasteiger partial charge >= 0.3 is 5.97 Å². The maximum atomic E-state index is 10.7. The number of carboxylic acid groups (broad SMARTS) is 1. The number of carbonyl (C=O) groups is 1. The quantitative estimate of drug-likeness (QED) is 0.634. The molecule has 2 aromatic rings. The van der Waals surface area contributed by atoms with Crippen molar-refractivity contribution in [2.45, 2.75) is 0 Å². The van der Waals surface area contributed by atoms with Crippen molar-refractivity contribution >= 4 is 28.9 Å². The lowest BCUT2D eigenvalue weighted by Gasteiger charge is -2.02. The molecule has 0 amide bonds. The molecule has 6 heteroatoms. The molecule has 0 saturated heterocycles. The zero-order valence-corrected chi connectivity index (χ0v) is 11.8. The molecule has 0 spiro atoms. The highest BCUT2D eigenvalue weighted by atomic mass is 35.5. The molecule has 0 saturated carbocycles. The van der Waals surface area contributed by atoms with Crippen LogP contribution in [-0.2, 0) is 0 Å². The highest BCUT2D eigenvalue weighted by Gasteiger charge is 2.01. The summed E-state index contributed by atoms with van der Waals surface area (Å²) in [5.41, 5.74) is 1.48. The minimum atomic E-state index is -0.967. The lowest BCUT2D eigenvalue weighted by molar-refractivity contribution is 0.0697. The number of azo groups is 1. The SMILES string of the molecule is O=C(O)c1ccc(/N=N/c2ccc(OCCCl)cc2)cc1. The van der Waals surface area contributed by atoms with E-state index in [1.54, 1.807) is 36.4 Å². The Hall–Kier alpha value is -2.40. The van der Waals surface area contributed by atoms with E-state index in [-0.39, 0.29) is 5.56 Å². The number of hydrogen-bond donors (Lipinski definition) is 1. The molecule has 108 valence electrons. The highest BCUT2D eigenvalue weighted by Crippen LogP contribution is 2.21. The van der Waals surface area contributed by atoms with Crippen molar-refractivity contribution in [2.24, 2.45) is 10.2 Å².